The smallest absolute Gasteiger partial charge is 0.326 e. The lowest BCUT2D eigenvalue weighted by Crippen LogP contribution is -2.38. The van der Waals surface area contributed by atoms with Crippen LogP contribution in [-0.2, 0) is 30.3 Å². The monoisotopic (exact) mass is 398 g/mol. The van der Waals surface area contributed by atoms with E-state index < -0.39 is 19.1 Å². The SMILES string of the molecule is O=C(COC(=O)CN1C(=O)C2CCCCC2C1=O)NC1CCCc2ccccc21. The lowest BCUT2D eigenvalue weighted by Gasteiger charge is -2.26. The summed E-state index contributed by atoms with van der Waals surface area (Å²) in [4.78, 5) is 50.3. The minimum Gasteiger partial charge on any atom is -0.454 e. The summed E-state index contributed by atoms with van der Waals surface area (Å²) in [7, 11) is 0. The van der Waals surface area contributed by atoms with Gasteiger partial charge in [-0.2, -0.15) is 0 Å². The topological polar surface area (TPSA) is 92.8 Å². The molecule has 3 atom stereocenters. The van der Waals surface area contributed by atoms with Crippen molar-refractivity contribution in [2.24, 2.45) is 11.8 Å². The lowest BCUT2D eigenvalue weighted by atomic mass is 9.81. The molecule has 4 rings (SSSR count). The molecule has 3 aliphatic rings. The van der Waals surface area contributed by atoms with Crippen LogP contribution in [0.25, 0.3) is 0 Å². The third-order valence-corrected chi connectivity index (χ3v) is 6.29. The number of hydrogen-bond donors (Lipinski definition) is 1. The Labute approximate surface area is 169 Å². The standard InChI is InChI=1S/C22H26N2O5/c25-19(23-18-11-5-7-14-6-1-2-8-15(14)18)13-29-20(26)12-24-21(27)16-9-3-4-10-17(16)22(24)28/h1-2,6,8,16-18H,3-5,7,9-13H2,(H,23,25). The molecule has 1 heterocycles. The summed E-state index contributed by atoms with van der Waals surface area (Å²) in [5, 5.41) is 2.92. The summed E-state index contributed by atoms with van der Waals surface area (Å²) >= 11 is 0. The Morgan fingerprint density at radius 1 is 1.00 bits per heavy atom. The molecule has 0 spiro atoms. The number of aryl methyl sites for hydroxylation is 1. The number of nitrogens with zero attached hydrogens (tertiary/aromatic N) is 1. The molecule has 1 saturated carbocycles. The fourth-order valence-corrected chi connectivity index (χ4v) is 4.85. The highest BCUT2D eigenvalue weighted by atomic mass is 16.5. The number of fused-ring (bicyclic) bond motifs is 2. The Kier molecular flexibility index (Phi) is 5.65. The van der Waals surface area contributed by atoms with Crippen LogP contribution in [0.15, 0.2) is 24.3 Å². The first-order chi connectivity index (χ1) is 14.0. The molecule has 3 unspecified atom stereocenters. The van der Waals surface area contributed by atoms with E-state index in [1.807, 2.05) is 18.2 Å². The number of rotatable bonds is 5. The van der Waals surface area contributed by atoms with E-state index in [9.17, 15) is 19.2 Å². The molecule has 1 aromatic rings. The highest BCUT2D eigenvalue weighted by Crippen LogP contribution is 2.37. The van der Waals surface area contributed by atoms with Crippen molar-refractivity contribution in [3.8, 4) is 0 Å². The van der Waals surface area contributed by atoms with Gasteiger partial charge in [-0.25, -0.2) is 0 Å². The summed E-state index contributed by atoms with van der Waals surface area (Å²) in [5.41, 5.74) is 2.34. The first-order valence-corrected chi connectivity index (χ1v) is 10.4. The average molecular weight is 398 g/mol. The van der Waals surface area contributed by atoms with Crippen molar-refractivity contribution in [1.82, 2.24) is 10.2 Å². The summed E-state index contributed by atoms with van der Waals surface area (Å²) in [6.45, 7) is -0.829. The molecule has 0 radical (unpaired) electrons. The van der Waals surface area contributed by atoms with E-state index >= 15 is 0 Å². The minimum atomic E-state index is -0.732. The van der Waals surface area contributed by atoms with Gasteiger partial charge in [-0.15, -0.1) is 0 Å². The fourth-order valence-electron chi connectivity index (χ4n) is 4.85. The molecule has 1 aliphatic heterocycles. The molecule has 2 aliphatic carbocycles. The van der Waals surface area contributed by atoms with E-state index in [2.05, 4.69) is 11.4 Å². The predicted octanol–water partition coefficient (Wildman–Crippen LogP) is 1.90. The van der Waals surface area contributed by atoms with Crippen molar-refractivity contribution >= 4 is 23.7 Å². The largest absolute Gasteiger partial charge is 0.454 e. The van der Waals surface area contributed by atoms with Crippen LogP contribution in [0.3, 0.4) is 0 Å². The molecule has 3 amide bonds. The van der Waals surface area contributed by atoms with Gasteiger partial charge >= 0.3 is 5.97 Å². The Balaban J connectivity index is 1.27. The molecule has 154 valence electrons. The number of hydrogen-bond acceptors (Lipinski definition) is 5. The van der Waals surface area contributed by atoms with Gasteiger partial charge in [-0.1, -0.05) is 37.1 Å². The Hall–Kier alpha value is -2.70. The molecule has 29 heavy (non-hydrogen) atoms. The van der Waals surface area contributed by atoms with Crippen molar-refractivity contribution < 1.29 is 23.9 Å². The zero-order valence-corrected chi connectivity index (χ0v) is 16.4. The summed E-state index contributed by atoms with van der Waals surface area (Å²) in [6.07, 6.45) is 6.10. The summed E-state index contributed by atoms with van der Waals surface area (Å²) in [6, 6.07) is 7.92. The van der Waals surface area contributed by atoms with Crippen LogP contribution in [0.2, 0.25) is 0 Å². The van der Waals surface area contributed by atoms with Gasteiger partial charge in [0.25, 0.3) is 5.91 Å². The first kappa shape index (κ1) is 19.6. The quantitative estimate of drug-likeness (QED) is 0.604. The van der Waals surface area contributed by atoms with Crippen LogP contribution in [0.1, 0.15) is 55.7 Å². The number of ether oxygens (including phenoxy) is 1. The number of likely N-dealkylation sites (tertiary alicyclic amines) is 1. The summed E-state index contributed by atoms with van der Waals surface area (Å²) < 4.78 is 5.05. The molecule has 1 saturated heterocycles. The third kappa shape index (κ3) is 4.04. The molecule has 0 aromatic heterocycles. The number of carbonyl (C=O) groups excluding carboxylic acids is 4. The van der Waals surface area contributed by atoms with Gasteiger partial charge < -0.3 is 10.1 Å². The maximum Gasteiger partial charge on any atom is 0.326 e. The zero-order chi connectivity index (χ0) is 20.4. The minimum absolute atomic E-state index is 0.0870. The van der Waals surface area contributed by atoms with Crippen molar-refractivity contribution in [1.29, 1.82) is 0 Å². The van der Waals surface area contributed by atoms with Gasteiger partial charge in [0.1, 0.15) is 6.54 Å². The van der Waals surface area contributed by atoms with Crippen LogP contribution < -0.4 is 5.32 Å². The van der Waals surface area contributed by atoms with E-state index in [1.165, 1.54) is 5.56 Å². The molecule has 7 heteroatoms. The van der Waals surface area contributed by atoms with E-state index in [-0.39, 0.29) is 35.6 Å². The molecular weight excluding hydrogens is 372 g/mol. The van der Waals surface area contributed by atoms with Gasteiger partial charge in [0, 0.05) is 0 Å². The highest BCUT2D eigenvalue weighted by Gasteiger charge is 2.48. The number of esters is 1. The summed E-state index contributed by atoms with van der Waals surface area (Å²) in [5.74, 6) is -2.25. The fraction of sp³-hybridized carbons (Fsp3) is 0.545. The zero-order valence-electron chi connectivity index (χ0n) is 16.4. The maximum atomic E-state index is 12.4. The van der Waals surface area contributed by atoms with Gasteiger partial charge in [-0.3, -0.25) is 24.1 Å². The molecule has 1 N–H and O–H groups in total. The second-order valence-electron chi connectivity index (χ2n) is 8.13. The van der Waals surface area contributed by atoms with Crippen molar-refractivity contribution in [2.75, 3.05) is 13.2 Å². The number of amides is 3. The highest BCUT2D eigenvalue weighted by molar-refractivity contribution is 6.07. The number of imide groups is 1. The van der Waals surface area contributed by atoms with Crippen LogP contribution in [0.4, 0.5) is 0 Å². The van der Waals surface area contributed by atoms with Gasteiger partial charge in [-0.05, 0) is 43.2 Å². The molecule has 1 aromatic carbocycles. The van der Waals surface area contributed by atoms with Gasteiger partial charge in [0.15, 0.2) is 6.61 Å². The van der Waals surface area contributed by atoms with Crippen molar-refractivity contribution in [3.05, 3.63) is 35.4 Å². The van der Waals surface area contributed by atoms with E-state index in [0.29, 0.717) is 12.8 Å². The van der Waals surface area contributed by atoms with E-state index in [4.69, 9.17) is 4.74 Å². The van der Waals surface area contributed by atoms with Crippen LogP contribution in [-0.4, -0.2) is 41.7 Å². The maximum absolute atomic E-state index is 12.4. The number of nitrogens with one attached hydrogen (secondary N) is 1. The molecular formula is C22H26N2O5. The third-order valence-electron chi connectivity index (χ3n) is 6.29. The van der Waals surface area contributed by atoms with Gasteiger partial charge in [0.2, 0.25) is 11.8 Å². The van der Waals surface area contributed by atoms with Gasteiger partial charge in [0.05, 0.1) is 17.9 Å². The Morgan fingerprint density at radius 3 is 2.41 bits per heavy atom. The van der Waals surface area contributed by atoms with Crippen molar-refractivity contribution in [2.45, 2.75) is 51.0 Å². The van der Waals surface area contributed by atoms with Crippen LogP contribution >= 0.6 is 0 Å². The molecule has 0 bridgehead atoms. The molecule has 2 fully saturated rings. The lowest BCUT2D eigenvalue weighted by molar-refractivity contribution is -0.155. The van der Waals surface area contributed by atoms with Crippen LogP contribution in [0, 0.1) is 11.8 Å². The van der Waals surface area contributed by atoms with Crippen molar-refractivity contribution in [3.63, 3.8) is 0 Å². The molecule has 7 nitrogen and oxygen atoms in total. The Bertz CT molecular complexity index is 812. The first-order valence-electron chi connectivity index (χ1n) is 10.4. The number of carbonyl (C=O) groups is 4. The van der Waals surface area contributed by atoms with E-state index in [1.54, 1.807) is 0 Å². The average Bonchev–Trinajstić information content (AvgIpc) is 2.98. The second-order valence-corrected chi connectivity index (χ2v) is 8.13. The van der Waals surface area contributed by atoms with E-state index in [0.717, 1.165) is 42.6 Å². The second kappa shape index (κ2) is 8.35. The van der Waals surface area contributed by atoms with Crippen LogP contribution in [0.5, 0.6) is 0 Å². The normalized spacial score (nSPS) is 25.9. The number of benzene rings is 1. The Morgan fingerprint density at radius 2 is 1.69 bits per heavy atom. The predicted molar refractivity (Wildman–Crippen MR) is 103 cm³/mol.